The molecule has 3 aromatic rings. The summed E-state index contributed by atoms with van der Waals surface area (Å²) in [5, 5.41) is 14.0. The van der Waals surface area contributed by atoms with Crippen LogP contribution >= 0.6 is 15.9 Å². The van der Waals surface area contributed by atoms with Crippen molar-refractivity contribution in [1.29, 1.82) is 0 Å². The molecule has 0 atom stereocenters. The smallest absolute Gasteiger partial charge is 0.256 e. The molecule has 0 spiro atoms. The van der Waals surface area contributed by atoms with Crippen molar-refractivity contribution in [2.45, 2.75) is 6.92 Å². The number of nitrogens with one attached hydrogen (secondary N) is 1. The summed E-state index contributed by atoms with van der Waals surface area (Å²) in [5.74, 6) is 0.369. The molecular formula is C16H14BrN5O2. The molecule has 1 heterocycles. The number of ether oxygens (including phenoxy) is 1. The molecule has 0 aliphatic carbocycles. The molecule has 0 saturated heterocycles. The average Bonchev–Trinajstić information content (AvgIpc) is 3.11. The quantitative estimate of drug-likeness (QED) is 0.743. The number of rotatable bonds is 4. The summed E-state index contributed by atoms with van der Waals surface area (Å²) in [5.41, 5.74) is 2.91. The normalized spacial score (nSPS) is 10.5. The molecule has 3 rings (SSSR count). The fraction of sp³-hybridized carbons (Fsp3) is 0.125. The van der Waals surface area contributed by atoms with E-state index in [4.69, 9.17) is 4.74 Å². The molecule has 24 heavy (non-hydrogen) atoms. The third-order valence-corrected chi connectivity index (χ3v) is 4.17. The Bertz CT molecular complexity index is 880. The molecule has 1 aromatic heterocycles. The summed E-state index contributed by atoms with van der Waals surface area (Å²) in [4.78, 5) is 12.5. The van der Waals surface area contributed by atoms with Crippen LogP contribution in [0.3, 0.4) is 0 Å². The Labute approximate surface area is 146 Å². The van der Waals surface area contributed by atoms with Gasteiger partial charge < -0.3 is 10.1 Å². The Kier molecular flexibility index (Phi) is 4.57. The number of benzene rings is 2. The Morgan fingerprint density at radius 3 is 2.79 bits per heavy atom. The second kappa shape index (κ2) is 6.79. The van der Waals surface area contributed by atoms with E-state index >= 15 is 0 Å². The van der Waals surface area contributed by atoms with E-state index in [1.165, 1.54) is 6.33 Å². The van der Waals surface area contributed by atoms with Crippen LogP contribution in [0.5, 0.6) is 5.75 Å². The monoisotopic (exact) mass is 387 g/mol. The van der Waals surface area contributed by atoms with E-state index < -0.39 is 0 Å². The lowest BCUT2D eigenvalue weighted by Gasteiger charge is -2.11. The topological polar surface area (TPSA) is 81.9 Å². The van der Waals surface area contributed by atoms with Gasteiger partial charge in [0.05, 0.1) is 18.4 Å². The first kappa shape index (κ1) is 16.1. The molecule has 0 unspecified atom stereocenters. The van der Waals surface area contributed by atoms with Crippen LogP contribution in [0.15, 0.2) is 47.2 Å². The van der Waals surface area contributed by atoms with Crippen molar-refractivity contribution in [3.63, 3.8) is 0 Å². The number of aryl methyl sites for hydroxylation is 1. The Balaban J connectivity index is 1.89. The number of aromatic nitrogens is 4. The third kappa shape index (κ3) is 3.28. The highest BCUT2D eigenvalue weighted by Gasteiger charge is 2.13. The summed E-state index contributed by atoms with van der Waals surface area (Å²) in [6, 6.07) is 10.8. The largest absolute Gasteiger partial charge is 0.497 e. The lowest BCUT2D eigenvalue weighted by atomic mass is 10.1. The number of nitrogens with zero attached hydrogens (tertiary/aromatic N) is 4. The van der Waals surface area contributed by atoms with E-state index in [-0.39, 0.29) is 5.91 Å². The summed E-state index contributed by atoms with van der Waals surface area (Å²) >= 11 is 3.38. The molecule has 122 valence electrons. The van der Waals surface area contributed by atoms with Gasteiger partial charge in [-0.15, -0.1) is 5.10 Å². The van der Waals surface area contributed by atoms with Crippen molar-refractivity contribution in [3.8, 4) is 11.4 Å². The maximum Gasteiger partial charge on any atom is 0.256 e. The van der Waals surface area contributed by atoms with Gasteiger partial charge in [-0.2, -0.15) is 0 Å². The van der Waals surface area contributed by atoms with E-state index in [1.807, 2.05) is 25.1 Å². The summed E-state index contributed by atoms with van der Waals surface area (Å²) in [7, 11) is 1.56. The van der Waals surface area contributed by atoms with Gasteiger partial charge in [-0.05, 0) is 69.2 Å². The van der Waals surface area contributed by atoms with Gasteiger partial charge in [-0.3, -0.25) is 4.79 Å². The van der Waals surface area contributed by atoms with Crippen molar-refractivity contribution in [2.75, 3.05) is 12.4 Å². The molecule has 0 saturated carbocycles. The highest BCUT2D eigenvalue weighted by Crippen LogP contribution is 2.24. The first-order chi connectivity index (χ1) is 11.6. The molecule has 2 aromatic carbocycles. The van der Waals surface area contributed by atoms with Gasteiger partial charge in [0, 0.05) is 10.2 Å². The molecule has 0 fully saturated rings. The molecule has 8 heteroatoms. The van der Waals surface area contributed by atoms with E-state index in [0.717, 1.165) is 11.3 Å². The maximum absolute atomic E-state index is 12.5. The predicted molar refractivity (Wildman–Crippen MR) is 92.5 cm³/mol. The molecule has 0 radical (unpaired) electrons. The van der Waals surface area contributed by atoms with Gasteiger partial charge >= 0.3 is 0 Å². The lowest BCUT2D eigenvalue weighted by Crippen LogP contribution is -2.13. The predicted octanol–water partition coefficient (Wildman–Crippen LogP) is 2.99. The number of hydrogen-bond donors (Lipinski definition) is 1. The fourth-order valence-corrected chi connectivity index (χ4v) is 2.64. The van der Waals surface area contributed by atoms with Gasteiger partial charge in [0.25, 0.3) is 5.91 Å². The van der Waals surface area contributed by atoms with Gasteiger partial charge in [0.2, 0.25) is 0 Å². The first-order valence-corrected chi connectivity index (χ1v) is 7.86. The minimum atomic E-state index is -0.243. The summed E-state index contributed by atoms with van der Waals surface area (Å²) in [6.07, 6.45) is 1.51. The van der Waals surface area contributed by atoms with Crippen LogP contribution in [0, 0.1) is 6.92 Å². The zero-order valence-electron chi connectivity index (χ0n) is 13.0. The number of halogens is 1. The van der Waals surface area contributed by atoms with Crippen LogP contribution < -0.4 is 10.1 Å². The Morgan fingerprint density at radius 2 is 2.08 bits per heavy atom. The number of hydrogen-bond acceptors (Lipinski definition) is 5. The number of anilines is 1. The standard InChI is InChI=1S/C16H14BrN5O2/c1-10-3-4-11(7-15(10)22-9-18-20-21-22)19-16(23)13-8-12(24-2)5-6-14(13)17/h3-9H,1-2H3,(H,19,23). The van der Waals surface area contributed by atoms with Crippen LogP contribution in [-0.4, -0.2) is 33.2 Å². The van der Waals surface area contributed by atoms with Crippen molar-refractivity contribution in [3.05, 3.63) is 58.3 Å². The van der Waals surface area contributed by atoms with Gasteiger partial charge in [0.1, 0.15) is 12.1 Å². The van der Waals surface area contributed by atoms with E-state index in [1.54, 1.807) is 30.0 Å². The molecule has 1 N–H and O–H groups in total. The van der Waals surface area contributed by atoms with Crippen molar-refractivity contribution >= 4 is 27.5 Å². The zero-order valence-corrected chi connectivity index (χ0v) is 14.6. The van der Waals surface area contributed by atoms with Crippen molar-refractivity contribution < 1.29 is 9.53 Å². The van der Waals surface area contributed by atoms with Crippen LogP contribution in [0.25, 0.3) is 5.69 Å². The Morgan fingerprint density at radius 1 is 1.25 bits per heavy atom. The average molecular weight is 388 g/mol. The lowest BCUT2D eigenvalue weighted by molar-refractivity contribution is 0.102. The molecule has 1 amide bonds. The summed E-state index contributed by atoms with van der Waals surface area (Å²) in [6.45, 7) is 1.95. The van der Waals surface area contributed by atoms with Gasteiger partial charge in [-0.1, -0.05) is 6.07 Å². The van der Waals surface area contributed by atoms with Crippen LogP contribution in [0.2, 0.25) is 0 Å². The van der Waals surface area contributed by atoms with Gasteiger partial charge in [0.15, 0.2) is 0 Å². The highest BCUT2D eigenvalue weighted by atomic mass is 79.9. The molecule has 7 nitrogen and oxygen atoms in total. The SMILES string of the molecule is COc1ccc(Br)c(C(=O)Nc2ccc(C)c(-n3cnnn3)c2)c1. The second-order valence-electron chi connectivity index (χ2n) is 5.06. The van der Waals surface area contributed by atoms with Crippen LogP contribution in [-0.2, 0) is 0 Å². The molecule has 0 bridgehead atoms. The molecule has 0 aliphatic rings. The maximum atomic E-state index is 12.5. The Hall–Kier alpha value is -2.74. The number of amides is 1. The molecule has 0 aliphatic heterocycles. The highest BCUT2D eigenvalue weighted by molar-refractivity contribution is 9.10. The van der Waals surface area contributed by atoms with Crippen molar-refractivity contribution in [1.82, 2.24) is 20.2 Å². The minimum Gasteiger partial charge on any atom is -0.497 e. The van der Waals surface area contributed by atoms with Crippen molar-refractivity contribution in [2.24, 2.45) is 0 Å². The van der Waals surface area contributed by atoms with E-state index in [9.17, 15) is 4.79 Å². The number of tetrazole rings is 1. The fourth-order valence-electron chi connectivity index (χ4n) is 2.21. The van der Waals surface area contributed by atoms with E-state index in [0.29, 0.717) is 21.5 Å². The van der Waals surface area contributed by atoms with E-state index in [2.05, 4.69) is 36.8 Å². The minimum absolute atomic E-state index is 0.243. The number of methoxy groups -OCH3 is 1. The first-order valence-electron chi connectivity index (χ1n) is 7.07. The number of carbonyl (C=O) groups excluding carboxylic acids is 1. The number of carbonyl (C=O) groups is 1. The van der Waals surface area contributed by atoms with Crippen LogP contribution in [0.4, 0.5) is 5.69 Å². The third-order valence-electron chi connectivity index (χ3n) is 3.48. The second-order valence-corrected chi connectivity index (χ2v) is 5.91. The summed E-state index contributed by atoms with van der Waals surface area (Å²) < 4.78 is 7.40. The van der Waals surface area contributed by atoms with Crippen LogP contribution in [0.1, 0.15) is 15.9 Å². The molecular weight excluding hydrogens is 374 g/mol. The zero-order chi connectivity index (χ0) is 17.1. The van der Waals surface area contributed by atoms with Gasteiger partial charge in [-0.25, -0.2) is 4.68 Å².